The van der Waals surface area contributed by atoms with Crippen molar-refractivity contribution < 1.29 is 8.78 Å². The van der Waals surface area contributed by atoms with Crippen LogP contribution in [0.3, 0.4) is 0 Å². The maximum atomic E-state index is 13.8. The van der Waals surface area contributed by atoms with Gasteiger partial charge in [-0.2, -0.15) is 0 Å². The topological polar surface area (TPSA) is 15.3 Å². The lowest BCUT2D eigenvalue weighted by molar-refractivity contribution is 0.302. The lowest BCUT2D eigenvalue weighted by Gasteiger charge is -2.42. The van der Waals surface area contributed by atoms with Gasteiger partial charge in [0, 0.05) is 31.2 Å². The molecule has 18 heavy (non-hydrogen) atoms. The lowest BCUT2D eigenvalue weighted by atomic mass is 9.94. The molecule has 0 amide bonds. The van der Waals surface area contributed by atoms with Gasteiger partial charge in [0.2, 0.25) is 0 Å². The minimum atomic E-state index is -0.512. The summed E-state index contributed by atoms with van der Waals surface area (Å²) in [6.07, 6.45) is 4.80. The number of rotatable bonds is 1. The molecule has 0 radical (unpaired) electrons. The zero-order valence-corrected chi connectivity index (χ0v) is 10.4. The molecule has 0 bridgehead atoms. The van der Waals surface area contributed by atoms with Gasteiger partial charge in [-0.25, -0.2) is 8.78 Å². The van der Waals surface area contributed by atoms with Gasteiger partial charge in [0.1, 0.15) is 11.6 Å². The maximum absolute atomic E-state index is 13.8. The van der Waals surface area contributed by atoms with Crippen molar-refractivity contribution in [1.29, 1.82) is 0 Å². The third-order valence-corrected chi connectivity index (χ3v) is 4.19. The zero-order valence-electron chi connectivity index (χ0n) is 10.4. The van der Waals surface area contributed by atoms with E-state index in [9.17, 15) is 8.78 Å². The van der Waals surface area contributed by atoms with E-state index in [-0.39, 0.29) is 5.54 Å². The largest absolute Gasteiger partial charge is 0.366 e. The summed E-state index contributed by atoms with van der Waals surface area (Å²) in [6, 6.07) is 3.86. The van der Waals surface area contributed by atoms with Gasteiger partial charge in [-0.1, -0.05) is 12.8 Å². The van der Waals surface area contributed by atoms with Crippen molar-refractivity contribution in [2.24, 2.45) is 0 Å². The molecule has 0 aromatic heterocycles. The van der Waals surface area contributed by atoms with E-state index >= 15 is 0 Å². The van der Waals surface area contributed by atoms with Crippen molar-refractivity contribution in [2.75, 3.05) is 24.5 Å². The highest BCUT2D eigenvalue weighted by atomic mass is 19.1. The van der Waals surface area contributed by atoms with Crippen LogP contribution in [0, 0.1) is 11.6 Å². The van der Waals surface area contributed by atoms with E-state index in [4.69, 9.17) is 0 Å². The van der Waals surface area contributed by atoms with Gasteiger partial charge in [-0.05, 0) is 25.0 Å². The minimum Gasteiger partial charge on any atom is -0.366 e. The molecule has 2 nitrogen and oxygen atoms in total. The first-order valence-corrected chi connectivity index (χ1v) is 6.64. The second-order valence-electron chi connectivity index (χ2n) is 5.43. The summed E-state index contributed by atoms with van der Waals surface area (Å²) in [5.74, 6) is -0.966. The Morgan fingerprint density at radius 3 is 2.67 bits per heavy atom. The molecule has 1 spiro atoms. The molecule has 1 heterocycles. The van der Waals surface area contributed by atoms with Crippen LogP contribution in [0.5, 0.6) is 0 Å². The number of hydrogen-bond donors (Lipinski definition) is 1. The second kappa shape index (κ2) is 4.50. The Kier molecular flexibility index (Phi) is 2.98. The number of halogens is 2. The summed E-state index contributed by atoms with van der Waals surface area (Å²) in [5.41, 5.74) is 0.684. The number of nitrogens with zero attached hydrogens (tertiary/aromatic N) is 1. The summed E-state index contributed by atoms with van der Waals surface area (Å²) < 4.78 is 26.7. The van der Waals surface area contributed by atoms with Crippen molar-refractivity contribution in [3.8, 4) is 0 Å². The summed E-state index contributed by atoms with van der Waals surface area (Å²) in [6.45, 7) is 2.48. The molecule has 1 saturated heterocycles. The smallest absolute Gasteiger partial charge is 0.149 e. The van der Waals surface area contributed by atoms with Crippen molar-refractivity contribution in [1.82, 2.24) is 5.32 Å². The molecular formula is C14H18F2N2. The highest BCUT2D eigenvalue weighted by Gasteiger charge is 2.38. The van der Waals surface area contributed by atoms with Crippen molar-refractivity contribution in [2.45, 2.75) is 31.2 Å². The first-order valence-electron chi connectivity index (χ1n) is 6.64. The fourth-order valence-electron chi connectivity index (χ4n) is 3.29. The number of nitrogens with one attached hydrogen (secondary N) is 1. The summed E-state index contributed by atoms with van der Waals surface area (Å²) in [7, 11) is 0. The van der Waals surface area contributed by atoms with Gasteiger partial charge in [-0.3, -0.25) is 0 Å². The van der Waals surface area contributed by atoms with E-state index in [1.807, 2.05) is 0 Å². The number of benzene rings is 1. The molecule has 2 fully saturated rings. The molecule has 0 unspecified atom stereocenters. The Balaban J connectivity index is 1.83. The van der Waals surface area contributed by atoms with Crippen LogP contribution < -0.4 is 10.2 Å². The van der Waals surface area contributed by atoms with Gasteiger partial charge in [-0.15, -0.1) is 0 Å². The van der Waals surface area contributed by atoms with Crippen LogP contribution in [-0.4, -0.2) is 25.2 Å². The number of hydrogen-bond acceptors (Lipinski definition) is 2. The Morgan fingerprint density at radius 2 is 1.94 bits per heavy atom. The molecule has 2 aliphatic rings. The van der Waals surface area contributed by atoms with Crippen molar-refractivity contribution in [3.05, 3.63) is 29.8 Å². The highest BCUT2D eigenvalue weighted by molar-refractivity contribution is 5.49. The Hall–Kier alpha value is -1.16. The van der Waals surface area contributed by atoms with E-state index in [1.165, 1.54) is 18.9 Å². The summed E-state index contributed by atoms with van der Waals surface area (Å²) in [5, 5.41) is 3.59. The molecule has 4 heteroatoms. The summed E-state index contributed by atoms with van der Waals surface area (Å²) >= 11 is 0. The predicted molar refractivity (Wildman–Crippen MR) is 67.8 cm³/mol. The molecule has 1 aromatic rings. The number of piperazine rings is 1. The molecule has 1 aromatic carbocycles. The fraction of sp³-hybridized carbons (Fsp3) is 0.571. The van der Waals surface area contributed by atoms with Crippen LogP contribution in [0.15, 0.2) is 18.2 Å². The van der Waals surface area contributed by atoms with Crippen LogP contribution in [0.25, 0.3) is 0 Å². The molecule has 0 atom stereocenters. The van der Waals surface area contributed by atoms with Crippen LogP contribution in [0.1, 0.15) is 25.7 Å². The van der Waals surface area contributed by atoms with Crippen molar-refractivity contribution >= 4 is 5.69 Å². The van der Waals surface area contributed by atoms with Gasteiger partial charge >= 0.3 is 0 Å². The second-order valence-corrected chi connectivity index (χ2v) is 5.43. The third kappa shape index (κ3) is 2.09. The van der Waals surface area contributed by atoms with Crippen LogP contribution >= 0.6 is 0 Å². The van der Waals surface area contributed by atoms with E-state index in [0.29, 0.717) is 5.69 Å². The minimum absolute atomic E-state index is 0.152. The van der Waals surface area contributed by atoms with Crippen LogP contribution in [-0.2, 0) is 0 Å². The highest BCUT2D eigenvalue weighted by Crippen LogP contribution is 2.34. The van der Waals surface area contributed by atoms with Crippen LogP contribution in [0.2, 0.25) is 0 Å². The third-order valence-electron chi connectivity index (χ3n) is 4.19. The van der Waals surface area contributed by atoms with Gasteiger partial charge in [0.15, 0.2) is 0 Å². The first kappa shape index (κ1) is 11.9. The van der Waals surface area contributed by atoms with E-state index in [1.54, 1.807) is 6.07 Å². The van der Waals surface area contributed by atoms with E-state index < -0.39 is 11.6 Å². The fourth-order valence-corrected chi connectivity index (χ4v) is 3.29. The molecule has 98 valence electrons. The quantitative estimate of drug-likeness (QED) is 0.826. The number of anilines is 1. The van der Waals surface area contributed by atoms with Gasteiger partial charge < -0.3 is 10.2 Å². The standard InChI is InChI=1S/C14H18F2N2/c15-11-3-4-13(12(16)9-11)18-8-7-17-14(10-18)5-1-2-6-14/h3-4,9,17H,1-2,5-8,10H2. The Morgan fingerprint density at radius 1 is 1.17 bits per heavy atom. The van der Waals surface area contributed by atoms with Gasteiger partial charge in [0.25, 0.3) is 0 Å². The normalized spacial score (nSPS) is 22.7. The zero-order chi connectivity index (χ0) is 12.6. The van der Waals surface area contributed by atoms with E-state index in [2.05, 4.69) is 10.2 Å². The molecule has 3 rings (SSSR count). The average molecular weight is 252 g/mol. The molecule has 1 aliphatic carbocycles. The average Bonchev–Trinajstić information content (AvgIpc) is 2.77. The molecular weight excluding hydrogens is 234 g/mol. The first-order chi connectivity index (χ1) is 8.69. The summed E-state index contributed by atoms with van der Waals surface area (Å²) in [4.78, 5) is 2.05. The van der Waals surface area contributed by atoms with E-state index in [0.717, 1.165) is 38.5 Å². The maximum Gasteiger partial charge on any atom is 0.149 e. The van der Waals surface area contributed by atoms with Gasteiger partial charge in [0.05, 0.1) is 5.69 Å². The Labute approximate surface area is 106 Å². The monoisotopic (exact) mass is 252 g/mol. The van der Waals surface area contributed by atoms with Crippen molar-refractivity contribution in [3.63, 3.8) is 0 Å². The predicted octanol–water partition coefficient (Wildman–Crippen LogP) is 2.69. The Bertz CT molecular complexity index is 441. The SMILES string of the molecule is Fc1ccc(N2CCNC3(CCCC3)C2)c(F)c1. The van der Waals surface area contributed by atoms with Crippen LogP contribution in [0.4, 0.5) is 14.5 Å². The lowest BCUT2D eigenvalue weighted by Crippen LogP contribution is -2.59. The molecule has 1 N–H and O–H groups in total. The molecule has 1 saturated carbocycles. The molecule has 1 aliphatic heterocycles.